The lowest BCUT2D eigenvalue weighted by Gasteiger charge is -2.35. The Labute approximate surface area is 126 Å². The first-order valence-corrected chi connectivity index (χ1v) is 9.11. The van der Waals surface area contributed by atoms with Crippen LogP contribution in [-0.4, -0.2) is 81.3 Å². The molecule has 8 heteroatoms. The summed E-state index contributed by atoms with van der Waals surface area (Å²) in [6.07, 6.45) is 1.39. The zero-order chi connectivity index (χ0) is 15.5. The van der Waals surface area contributed by atoms with Crippen molar-refractivity contribution in [1.29, 1.82) is 0 Å². The number of piperazine rings is 1. The predicted octanol–water partition coefficient (Wildman–Crippen LogP) is -0.753. The van der Waals surface area contributed by atoms with Gasteiger partial charge < -0.3 is 15.0 Å². The molecule has 0 aromatic carbocycles. The molecule has 0 saturated carbocycles. The predicted molar refractivity (Wildman–Crippen MR) is 79.4 cm³/mol. The van der Waals surface area contributed by atoms with Crippen molar-refractivity contribution in [2.24, 2.45) is 0 Å². The highest BCUT2D eigenvalue weighted by atomic mass is 32.2. The Morgan fingerprint density at radius 2 is 1.95 bits per heavy atom. The Morgan fingerprint density at radius 3 is 2.48 bits per heavy atom. The molecule has 0 bridgehead atoms. The number of carbonyl (C=O) groups is 1. The number of amides is 1. The minimum Gasteiger partial charge on any atom is -0.380 e. The number of nitrogens with zero attached hydrogens (tertiary/aromatic N) is 2. The normalized spacial score (nSPS) is 28.0. The van der Waals surface area contributed by atoms with Crippen molar-refractivity contribution in [2.75, 3.05) is 45.6 Å². The van der Waals surface area contributed by atoms with Crippen molar-refractivity contribution < 1.29 is 17.9 Å². The number of ether oxygens (including phenoxy) is 1. The molecule has 122 valence electrons. The Balaban J connectivity index is 1.85. The summed E-state index contributed by atoms with van der Waals surface area (Å²) in [4.78, 5) is 14.1. The quantitative estimate of drug-likeness (QED) is 0.721. The average molecular weight is 319 g/mol. The molecule has 0 spiro atoms. The van der Waals surface area contributed by atoms with E-state index in [2.05, 4.69) is 5.32 Å². The van der Waals surface area contributed by atoms with Gasteiger partial charge in [-0.05, 0) is 12.8 Å². The first kappa shape index (κ1) is 16.7. The topological polar surface area (TPSA) is 79.0 Å². The van der Waals surface area contributed by atoms with Gasteiger partial charge >= 0.3 is 0 Å². The minimum atomic E-state index is -3.15. The Morgan fingerprint density at radius 1 is 1.29 bits per heavy atom. The van der Waals surface area contributed by atoms with Crippen LogP contribution in [0.1, 0.15) is 19.8 Å². The van der Waals surface area contributed by atoms with Crippen molar-refractivity contribution in [2.45, 2.75) is 31.9 Å². The fourth-order valence-electron chi connectivity index (χ4n) is 2.87. The van der Waals surface area contributed by atoms with E-state index in [4.69, 9.17) is 4.74 Å². The summed E-state index contributed by atoms with van der Waals surface area (Å²) in [6.45, 7) is 4.28. The van der Waals surface area contributed by atoms with Crippen LogP contribution in [0, 0.1) is 0 Å². The second-order valence-electron chi connectivity index (χ2n) is 5.59. The van der Waals surface area contributed by atoms with Crippen LogP contribution >= 0.6 is 0 Å². The monoisotopic (exact) mass is 319 g/mol. The van der Waals surface area contributed by atoms with E-state index < -0.39 is 10.0 Å². The van der Waals surface area contributed by atoms with Crippen molar-refractivity contribution in [3.8, 4) is 0 Å². The van der Waals surface area contributed by atoms with Gasteiger partial charge in [0.15, 0.2) is 0 Å². The summed E-state index contributed by atoms with van der Waals surface area (Å²) in [5.74, 6) is 0.239. The largest absolute Gasteiger partial charge is 0.380 e. The van der Waals surface area contributed by atoms with Crippen LogP contribution < -0.4 is 5.32 Å². The molecule has 2 aliphatic rings. The molecule has 2 rings (SSSR count). The molecule has 0 aromatic rings. The lowest BCUT2D eigenvalue weighted by atomic mass is 10.1. The van der Waals surface area contributed by atoms with Crippen LogP contribution in [0.15, 0.2) is 0 Å². The SMILES string of the molecule is CCCS(=O)(=O)N1CCN(C(=O)C2CC(OC)CN2)CC1. The van der Waals surface area contributed by atoms with E-state index in [1.165, 1.54) is 4.31 Å². The standard InChI is InChI=1S/C13H25N3O4S/c1-3-8-21(18,19)16-6-4-15(5-7-16)13(17)12-9-11(20-2)10-14-12/h11-12,14H,3-10H2,1-2H3. The maximum absolute atomic E-state index is 12.4. The van der Waals surface area contributed by atoms with Crippen LogP contribution in [0.2, 0.25) is 0 Å². The number of rotatable bonds is 5. The van der Waals surface area contributed by atoms with E-state index in [0.717, 1.165) is 0 Å². The molecule has 0 aliphatic carbocycles. The highest BCUT2D eigenvalue weighted by Crippen LogP contribution is 2.15. The van der Waals surface area contributed by atoms with Crippen LogP contribution in [-0.2, 0) is 19.6 Å². The average Bonchev–Trinajstić information content (AvgIpc) is 2.95. The van der Waals surface area contributed by atoms with E-state index in [9.17, 15) is 13.2 Å². The van der Waals surface area contributed by atoms with E-state index in [-0.39, 0.29) is 23.8 Å². The van der Waals surface area contributed by atoms with E-state index in [1.807, 2.05) is 6.92 Å². The molecule has 0 aromatic heterocycles. The summed E-state index contributed by atoms with van der Waals surface area (Å²) in [5, 5.41) is 3.17. The van der Waals surface area contributed by atoms with Gasteiger partial charge in [0.05, 0.1) is 17.9 Å². The van der Waals surface area contributed by atoms with Crippen LogP contribution in [0.4, 0.5) is 0 Å². The highest BCUT2D eigenvalue weighted by molar-refractivity contribution is 7.89. The number of nitrogens with one attached hydrogen (secondary N) is 1. The van der Waals surface area contributed by atoms with Crippen molar-refractivity contribution >= 4 is 15.9 Å². The third-order valence-electron chi connectivity index (χ3n) is 4.13. The maximum atomic E-state index is 12.4. The summed E-state index contributed by atoms with van der Waals surface area (Å²) in [7, 11) is -1.51. The van der Waals surface area contributed by atoms with Crippen LogP contribution in [0.5, 0.6) is 0 Å². The first-order chi connectivity index (χ1) is 9.97. The third-order valence-corrected chi connectivity index (χ3v) is 6.20. The second kappa shape index (κ2) is 7.04. The van der Waals surface area contributed by atoms with Gasteiger partial charge in [0.1, 0.15) is 0 Å². The van der Waals surface area contributed by atoms with E-state index in [0.29, 0.717) is 45.6 Å². The highest BCUT2D eigenvalue weighted by Gasteiger charge is 2.35. The molecule has 0 radical (unpaired) electrons. The molecule has 2 atom stereocenters. The maximum Gasteiger partial charge on any atom is 0.239 e. The van der Waals surface area contributed by atoms with Gasteiger partial charge in [-0.3, -0.25) is 4.79 Å². The fourth-order valence-corrected chi connectivity index (χ4v) is 4.36. The van der Waals surface area contributed by atoms with Gasteiger partial charge in [-0.15, -0.1) is 0 Å². The molecule has 2 unspecified atom stereocenters. The van der Waals surface area contributed by atoms with Crippen molar-refractivity contribution in [1.82, 2.24) is 14.5 Å². The van der Waals surface area contributed by atoms with Crippen LogP contribution in [0.3, 0.4) is 0 Å². The fraction of sp³-hybridized carbons (Fsp3) is 0.923. The Bertz CT molecular complexity index is 460. The Hall–Kier alpha value is -0.700. The number of carbonyl (C=O) groups excluding carboxylic acids is 1. The molecule has 1 amide bonds. The van der Waals surface area contributed by atoms with Crippen molar-refractivity contribution in [3.05, 3.63) is 0 Å². The molecule has 21 heavy (non-hydrogen) atoms. The summed E-state index contributed by atoms with van der Waals surface area (Å²) in [5.41, 5.74) is 0. The number of methoxy groups -OCH3 is 1. The molecule has 1 N–H and O–H groups in total. The summed E-state index contributed by atoms with van der Waals surface area (Å²) in [6, 6.07) is -0.200. The van der Waals surface area contributed by atoms with Crippen LogP contribution in [0.25, 0.3) is 0 Å². The van der Waals surface area contributed by atoms with E-state index >= 15 is 0 Å². The number of hydrogen-bond acceptors (Lipinski definition) is 5. The van der Waals surface area contributed by atoms with Gasteiger partial charge in [-0.1, -0.05) is 6.92 Å². The lowest BCUT2D eigenvalue weighted by Crippen LogP contribution is -2.54. The lowest BCUT2D eigenvalue weighted by molar-refractivity contribution is -0.134. The molecular weight excluding hydrogens is 294 g/mol. The zero-order valence-corrected chi connectivity index (χ0v) is 13.6. The zero-order valence-electron chi connectivity index (χ0n) is 12.7. The molecule has 7 nitrogen and oxygen atoms in total. The Kier molecular flexibility index (Phi) is 5.59. The summed E-state index contributed by atoms with van der Waals surface area (Å²) < 4.78 is 30.7. The first-order valence-electron chi connectivity index (χ1n) is 7.50. The number of sulfonamides is 1. The van der Waals surface area contributed by atoms with Gasteiger partial charge in [0.2, 0.25) is 15.9 Å². The van der Waals surface area contributed by atoms with E-state index in [1.54, 1.807) is 12.0 Å². The summed E-state index contributed by atoms with van der Waals surface area (Å²) >= 11 is 0. The van der Waals surface area contributed by atoms with Gasteiger partial charge in [-0.25, -0.2) is 8.42 Å². The number of hydrogen-bond donors (Lipinski definition) is 1. The van der Waals surface area contributed by atoms with Gasteiger partial charge in [0, 0.05) is 39.8 Å². The molecule has 2 heterocycles. The smallest absolute Gasteiger partial charge is 0.239 e. The van der Waals surface area contributed by atoms with Gasteiger partial charge in [-0.2, -0.15) is 4.31 Å². The third kappa shape index (κ3) is 3.94. The molecule has 2 aliphatic heterocycles. The second-order valence-corrected chi connectivity index (χ2v) is 7.68. The molecule has 2 fully saturated rings. The molecule has 2 saturated heterocycles. The molecular formula is C13H25N3O4S. The van der Waals surface area contributed by atoms with Gasteiger partial charge in [0.25, 0.3) is 0 Å². The van der Waals surface area contributed by atoms with Crippen molar-refractivity contribution in [3.63, 3.8) is 0 Å². The minimum absolute atomic E-state index is 0.0575.